The number of esters is 1. The minimum atomic E-state index is -1.78. The van der Waals surface area contributed by atoms with E-state index >= 15 is 0 Å². The zero-order valence-corrected chi connectivity index (χ0v) is 17.6. The highest BCUT2D eigenvalue weighted by Gasteiger charge is 2.47. The van der Waals surface area contributed by atoms with E-state index in [4.69, 9.17) is 22.1 Å². The van der Waals surface area contributed by atoms with Crippen LogP contribution < -0.4 is 5.32 Å². The Morgan fingerprint density at radius 2 is 1.97 bits per heavy atom. The normalized spacial score (nSPS) is 23.2. The Balaban J connectivity index is 2.27. The number of thiocarbonyl (C=S) groups is 1. The number of ether oxygens (including phenoxy) is 1. The second-order valence-corrected chi connectivity index (χ2v) is 8.17. The van der Waals surface area contributed by atoms with Crippen LogP contribution >= 0.6 is 24.0 Å². The predicted molar refractivity (Wildman–Crippen MR) is 112 cm³/mol. The van der Waals surface area contributed by atoms with E-state index in [1.54, 1.807) is 6.07 Å². The van der Waals surface area contributed by atoms with Crippen LogP contribution in [0.5, 0.6) is 0 Å². The number of carbonyl (C=O) groups is 1. The maximum atomic E-state index is 12.2. The quantitative estimate of drug-likeness (QED) is 0.228. The van der Waals surface area contributed by atoms with Crippen molar-refractivity contribution in [2.24, 2.45) is 0 Å². The topological polar surface area (TPSA) is 143 Å². The summed E-state index contributed by atoms with van der Waals surface area (Å²) in [6.45, 7) is 1.09. The number of aliphatic hydroxyl groups excluding tert-OH is 5. The lowest BCUT2D eigenvalue weighted by molar-refractivity contribution is -0.146. The lowest BCUT2D eigenvalue weighted by atomic mass is 10.0. The fraction of sp³-hybridized carbons (Fsp3) is 0.556. The zero-order chi connectivity index (χ0) is 21.7. The van der Waals surface area contributed by atoms with Crippen molar-refractivity contribution in [3.05, 3.63) is 29.8 Å². The second kappa shape index (κ2) is 10.5. The summed E-state index contributed by atoms with van der Waals surface area (Å²) >= 11 is 6.62. The minimum absolute atomic E-state index is 0.133. The van der Waals surface area contributed by atoms with E-state index in [1.165, 1.54) is 12.0 Å². The van der Waals surface area contributed by atoms with Crippen molar-refractivity contribution in [3.63, 3.8) is 0 Å². The molecule has 1 aromatic rings. The van der Waals surface area contributed by atoms with Gasteiger partial charge in [0.05, 0.1) is 13.7 Å². The van der Waals surface area contributed by atoms with Gasteiger partial charge in [-0.25, -0.2) is 4.79 Å². The van der Waals surface area contributed by atoms with Crippen LogP contribution in [0.1, 0.15) is 5.56 Å². The summed E-state index contributed by atoms with van der Waals surface area (Å²) in [5, 5.41) is 51.7. The number of aliphatic hydroxyl groups is 5. The Kier molecular flexibility index (Phi) is 8.64. The standard InChI is InChI=1S/C18H26N2O7S2/c1-9-5-3-4-6-10(9)19-18(28)20-11(17(26)27-2)8-29-16(20)15(25)14(24)13(23)12(22)7-21/h3-6,11-16,21-25H,7-8H2,1-2H3,(H,19,28)/t11-,12+,13+,14-,15+,16?/m0/s1. The zero-order valence-electron chi connectivity index (χ0n) is 16.0. The van der Waals surface area contributed by atoms with Gasteiger partial charge < -0.3 is 40.5 Å². The van der Waals surface area contributed by atoms with E-state index in [0.717, 1.165) is 17.3 Å². The molecule has 11 heteroatoms. The van der Waals surface area contributed by atoms with E-state index in [1.807, 2.05) is 25.1 Å². The molecule has 0 radical (unpaired) electrons. The van der Waals surface area contributed by atoms with Gasteiger partial charge >= 0.3 is 5.97 Å². The lowest BCUT2D eigenvalue weighted by Crippen LogP contribution is -2.56. The molecular formula is C18H26N2O7S2. The van der Waals surface area contributed by atoms with Gasteiger partial charge in [0.1, 0.15) is 35.8 Å². The van der Waals surface area contributed by atoms with E-state index in [0.29, 0.717) is 5.69 Å². The molecule has 0 amide bonds. The highest BCUT2D eigenvalue weighted by Crippen LogP contribution is 2.34. The van der Waals surface area contributed by atoms with Gasteiger partial charge in [0.25, 0.3) is 0 Å². The molecule has 1 aliphatic heterocycles. The van der Waals surface area contributed by atoms with Crippen LogP contribution in [0.25, 0.3) is 0 Å². The average molecular weight is 447 g/mol. The summed E-state index contributed by atoms with van der Waals surface area (Å²) < 4.78 is 4.83. The fourth-order valence-corrected chi connectivity index (χ4v) is 4.83. The summed E-state index contributed by atoms with van der Waals surface area (Å²) in [7, 11) is 1.24. The summed E-state index contributed by atoms with van der Waals surface area (Å²) in [5.41, 5.74) is 1.62. The molecule has 0 spiro atoms. The van der Waals surface area contributed by atoms with E-state index < -0.39 is 48.4 Å². The van der Waals surface area contributed by atoms with Gasteiger partial charge in [-0.05, 0) is 30.8 Å². The summed E-state index contributed by atoms with van der Waals surface area (Å²) in [5.74, 6) is -0.332. The third-order valence-corrected chi connectivity index (χ3v) is 6.37. The predicted octanol–water partition coefficient (Wildman–Crippen LogP) is -0.956. The molecule has 1 unspecified atom stereocenters. The Morgan fingerprint density at radius 3 is 2.55 bits per heavy atom. The van der Waals surface area contributed by atoms with Crippen molar-refractivity contribution in [2.75, 3.05) is 24.8 Å². The molecule has 0 saturated carbocycles. The van der Waals surface area contributed by atoms with Crippen molar-refractivity contribution in [2.45, 2.75) is 42.8 Å². The molecule has 29 heavy (non-hydrogen) atoms. The minimum Gasteiger partial charge on any atom is -0.467 e. The van der Waals surface area contributed by atoms with Crippen molar-refractivity contribution in [1.82, 2.24) is 4.90 Å². The molecule has 2 rings (SSSR count). The SMILES string of the molecule is COC(=O)[C@@H]1CSC([C@H](O)[C@@H](O)[C@H](O)[C@H](O)CO)N1C(=S)Nc1ccccc1C. The van der Waals surface area contributed by atoms with Crippen LogP contribution in [0.15, 0.2) is 24.3 Å². The van der Waals surface area contributed by atoms with Crippen LogP contribution in [0.4, 0.5) is 5.69 Å². The molecule has 6 N–H and O–H groups in total. The fourth-order valence-electron chi connectivity index (χ4n) is 2.96. The number of thioether (sulfide) groups is 1. The van der Waals surface area contributed by atoms with Crippen LogP contribution in [0.3, 0.4) is 0 Å². The highest BCUT2D eigenvalue weighted by atomic mass is 32.2. The molecule has 1 heterocycles. The number of benzene rings is 1. The van der Waals surface area contributed by atoms with Gasteiger partial charge in [0, 0.05) is 11.4 Å². The van der Waals surface area contributed by atoms with E-state index in [2.05, 4.69) is 5.32 Å². The first kappa shape index (κ1) is 23.8. The van der Waals surface area contributed by atoms with Crippen molar-refractivity contribution in [1.29, 1.82) is 0 Å². The maximum Gasteiger partial charge on any atom is 0.329 e. The number of para-hydroxylation sites is 1. The molecule has 162 valence electrons. The van der Waals surface area contributed by atoms with E-state index in [9.17, 15) is 25.2 Å². The van der Waals surface area contributed by atoms with Gasteiger partial charge in [-0.2, -0.15) is 0 Å². The number of anilines is 1. The van der Waals surface area contributed by atoms with Crippen LogP contribution in [0, 0.1) is 6.92 Å². The molecule has 6 atom stereocenters. The van der Waals surface area contributed by atoms with E-state index in [-0.39, 0.29) is 10.9 Å². The molecule has 0 bridgehead atoms. The largest absolute Gasteiger partial charge is 0.467 e. The van der Waals surface area contributed by atoms with Crippen LogP contribution in [-0.4, -0.2) is 96.8 Å². The van der Waals surface area contributed by atoms with Gasteiger partial charge in [0.2, 0.25) is 0 Å². The maximum absolute atomic E-state index is 12.2. The number of carbonyl (C=O) groups excluding carboxylic acids is 1. The second-order valence-electron chi connectivity index (χ2n) is 6.64. The molecule has 0 aromatic heterocycles. The first-order valence-corrected chi connectivity index (χ1v) is 10.4. The van der Waals surface area contributed by atoms with Crippen LogP contribution in [0.2, 0.25) is 0 Å². The molecule has 1 aliphatic rings. The van der Waals surface area contributed by atoms with Crippen LogP contribution in [-0.2, 0) is 9.53 Å². The lowest BCUT2D eigenvalue weighted by Gasteiger charge is -2.36. The van der Waals surface area contributed by atoms with Gasteiger partial charge in [-0.3, -0.25) is 0 Å². The summed E-state index contributed by atoms with van der Waals surface area (Å²) in [6.07, 6.45) is -6.78. The Hall–Kier alpha value is -1.47. The Morgan fingerprint density at radius 1 is 1.31 bits per heavy atom. The Labute approximate surface area is 178 Å². The number of hydrogen-bond acceptors (Lipinski definition) is 9. The summed E-state index contributed by atoms with van der Waals surface area (Å²) in [4.78, 5) is 13.7. The number of nitrogens with one attached hydrogen (secondary N) is 1. The van der Waals surface area contributed by atoms with Crippen molar-refractivity contribution in [3.8, 4) is 0 Å². The van der Waals surface area contributed by atoms with Gasteiger partial charge in [0.15, 0.2) is 5.11 Å². The first-order valence-electron chi connectivity index (χ1n) is 8.90. The number of rotatable bonds is 7. The summed E-state index contributed by atoms with van der Waals surface area (Å²) in [6, 6.07) is 6.55. The molecule has 1 fully saturated rings. The molecule has 9 nitrogen and oxygen atoms in total. The van der Waals surface area contributed by atoms with Crippen molar-refractivity contribution < 1.29 is 35.1 Å². The number of aryl methyl sites for hydroxylation is 1. The van der Waals surface area contributed by atoms with Gasteiger partial charge in [-0.15, -0.1) is 11.8 Å². The Bertz CT molecular complexity index is 723. The molecule has 0 aliphatic carbocycles. The first-order chi connectivity index (χ1) is 13.7. The molecule has 1 aromatic carbocycles. The van der Waals surface area contributed by atoms with Gasteiger partial charge in [-0.1, -0.05) is 18.2 Å². The molecule has 1 saturated heterocycles. The smallest absolute Gasteiger partial charge is 0.329 e. The van der Waals surface area contributed by atoms with Crippen molar-refractivity contribution >= 4 is 40.7 Å². The number of nitrogens with zero attached hydrogens (tertiary/aromatic N) is 1. The average Bonchev–Trinajstić information content (AvgIpc) is 3.17. The highest BCUT2D eigenvalue weighted by molar-refractivity contribution is 8.00. The number of methoxy groups -OCH3 is 1. The third-order valence-electron chi connectivity index (χ3n) is 4.70. The third kappa shape index (κ3) is 5.37. The molecular weight excluding hydrogens is 420 g/mol. The number of hydrogen-bond donors (Lipinski definition) is 6. The monoisotopic (exact) mass is 446 g/mol.